The molecule has 0 saturated carbocycles. The van der Waals surface area contributed by atoms with Gasteiger partial charge in [-0.3, -0.25) is 9.59 Å². The van der Waals surface area contributed by atoms with E-state index in [9.17, 15) is 9.59 Å². The highest BCUT2D eigenvalue weighted by Crippen LogP contribution is 2.21. The lowest BCUT2D eigenvalue weighted by atomic mass is 10.0. The molecule has 0 heterocycles. The highest BCUT2D eigenvalue weighted by molar-refractivity contribution is 9.10. The third-order valence-electron chi connectivity index (χ3n) is 3.15. The predicted molar refractivity (Wildman–Crippen MR) is 83.0 cm³/mol. The van der Waals surface area contributed by atoms with Gasteiger partial charge in [-0.2, -0.15) is 0 Å². The standard InChI is InChI=1S/C15H20BrNO4/c1-10(21-2)6-7-14(18)17-13(9-15(19)20)11-4-3-5-12(16)8-11/h3-5,8,10,13H,6-7,9H2,1-2H3,(H,17,18)(H,19,20). The minimum absolute atomic E-state index is 0.000423. The van der Waals surface area contributed by atoms with Crippen molar-refractivity contribution in [3.8, 4) is 0 Å². The molecule has 2 atom stereocenters. The van der Waals surface area contributed by atoms with Crippen LogP contribution in [0.15, 0.2) is 28.7 Å². The molecule has 0 aliphatic heterocycles. The van der Waals surface area contributed by atoms with E-state index < -0.39 is 12.0 Å². The molecule has 2 unspecified atom stereocenters. The van der Waals surface area contributed by atoms with Gasteiger partial charge in [-0.25, -0.2) is 0 Å². The van der Waals surface area contributed by atoms with Crippen LogP contribution < -0.4 is 5.32 Å². The minimum atomic E-state index is -0.953. The second kappa shape index (κ2) is 8.79. The molecule has 0 aliphatic carbocycles. The first-order chi connectivity index (χ1) is 9.92. The molecule has 2 N–H and O–H groups in total. The fourth-order valence-electron chi connectivity index (χ4n) is 1.87. The smallest absolute Gasteiger partial charge is 0.305 e. The monoisotopic (exact) mass is 357 g/mol. The summed E-state index contributed by atoms with van der Waals surface area (Å²) in [6, 6.07) is 6.74. The molecular weight excluding hydrogens is 338 g/mol. The molecule has 1 aromatic rings. The van der Waals surface area contributed by atoms with Gasteiger partial charge in [0.15, 0.2) is 0 Å². The Morgan fingerprint density at radius 1 is 1.43 bits per heavy atom. The molecule has 1 amide bonds. The summed E-state index contributed by atoms with van der Waals surface area (Å²) < 4.78 is 5.94. The third-order valence-corrected chi connectivity index (χ3v) is 3.64. The summed E-state index contributed by atoms with van der Waals surface area (Å²) in [4.78, 5) is 22.9. The molecule has 5 nitrogen and oxygen atoms in total. The van der Waals surface area contributed by atoms with Gasteiger partial charge in [0, 0.05) is 18.0 Å². The number of halogens is 1. The van der Waals surface area contributed by atoms with Gasteiger partial charge in [0.1, 0.15) is 0 Å². The van der Waals surface area contributed by atoms with E-state index in [-0.39, 0.29) is 18.4 Å². The van der Waals surface area contributed by atoms with Crippen LogP contribution in [0.1, 0.15) is 37.8 Å². The number of carbonyl (C=O) groups is 2. The summed E-state index contributed by atoms with van der Waals surface area (Å²) in [5, 5.41) is 11.8. The molecule has 1 rings (SSSR count). The van der Waals surface area contributed by atoms with Crippen molar-refractivity contribution in [2.24, 2.45) is 0 Å². The Morgan fingerprint density at radius 3 is 2.71 bits per heavy atom. The van der Waals surface area contributed by atoms with Crippen molar-refractivity contribution in [3.05, 3.63) is 34.3 Å². The molecule has 0 fully saturated rings. The highest BCUT2D eigenvalue weighted by atomic mass is 79.9. The Kier molecular flexibility index (Phi) is 7.39. The number of aliphatic carboxylic acids is 1. The van der Waals surface area contributed by atoms with Crippen LogP contribution in [0.4, 0.5) is 0 Å². The van der Waals surface area contributed by atoms with Crippen LogP contribution in [0.5, 0.6) is 0 Å². The third kappa shape index (κ3) is 6.73. The maximum absolute atomic E-state index is 11.9. The van der Waals surface area contributed by atoms with Crippen LogP contribution in [0, 0.1) is 0 Å². The predicted octanol–water partition coefficient (Wildman–Crippen LogP) is 2.90. The van der Waals surface area contributed by atoms with Gasteiger partial charge in [0.05, 0.1) is 18.6 Å². The second-order valence-electron chi connectivity index (χ2n) is 4.86. The number of carboxylic acid groups (broad SMARTS) is 1. The van der Waals surface area contributed by atoms with Crippen molar-refractivity contribution in [2.75, 3.05) is 7.11 Å². The van der Waals surface area contributed by atoms with Gasteiger partial charge >= 0.3 is 5.97 Å². The van der Waals surface area contributed by atoms with Gasteiger partial charge in [-0.15, -0.1) is 0 Å². The Hall–Kier alpha value is -1.40. The second-order valence-corrected chi connectivity index (χ2v) is 5.77. The summed E-state index contributed by atoms with van der Waals surface area (Å²) in [6.07, 6.45) is 0.751. The van der Waals surface area contributed by atoms with Crippen LogP contribution in [-0.4, -0.2) is 30.2 Å². The van der Waals surface area contributed by atoms with Crippen molar-refractivity contribution in [1.29, 1.82) is 0 Å². The number of carbonyl (C=O) groups excluding carboxylic acids is 1. The van der Waals surface area contributed by atoms with Crippen molar-refractivity contribution >= 4 is 27.8 Å². The van der Waals surface area contributed by atoms with Crippen LogP contribution in [-0.2, 0) is 14.3 Å². The summed E-state index contributed by atoms with van der Waals surface area (Å²) in [5.74, 6) is -1.13. The van der Waals surface area contributed by atoms with E-state index in [0.29, 0.717) is 12.8 Å². The van der Waals surface area contributed by atoms with Crippen LogP contribution in [0.3, 0.4) is 0 Å². The number of carboxylic acids is 1. The first-order valence-corrected chi connectivity index (χ1v) is 7.51. The molecule has 1 aromatic carbocycles. The SMILES string of the molecule is COC(C)CCC(=O)NC(CC(=O)O)c1cccc(Br)c1. The Balaban J connectivity index is 2.70. The number of rotatable bonds is 8. The van der Waals surface area contributed by atoms with Gasteiger partial charge in [0.2, 0.25) is 5.91 Å². The van der Waals surface area contributed by atoms with Crippen LogP contribution in [0.25, 0.3) is 0 Å². The van der Waals surface area contributed by atoms with Gasteiger partial charge in [-0.05, 0) is 31.0 Å². The minimum Gasteiger partial charge on any atom is -0.481 e. The van der Waals surface area contributed by atoms with Gasteiger partial charge in [0.25, 0.3) is 0 Å². The summed E-state index contributed by atoms with van der Waals surface area (Å²) in [7, 11) is 1.59. The fraction of sp³-hybridized carbons (Fsp3) is 0.467. The van der Waals surface area contributed by atoms with Crippen LogP contribution >= 0.6 is 15.9 Å². The number of hydrogen-bond acceptors (Lipinski definition) is 3. The molecule has 21 heavy (non-hydrogen) atoms. The van der Waals surface area contributed by atoms with E-state index in [0.717, 1.165) is 10.0 Å². The zero-order chi connectivity index (χ0) is 15.8. The van der Waals surface area contributed by atoms with E-state index in [1.54, 1.807) is 13.2 Å². The largest absolute Gasteiger partial charge is 0.481 e. The van der Waals surface area contributed by atoms with Crippen molar-refractivity contribution in [1.82, 2.24) is 5.32 Å². The number of benzene rings is 1. The van der Waals surface area contributed by atoms with Crippen molar-refractivity contribution in [3.63, 3.8) is 0 Å². The molecule has 0 saturated heterocycles. The maximum atomic E-state index is 11.9. The average molecular weight is 358 g/mol. The number of amides is 1. The summed E-state index contributed by atoms with van der Waals surface area (Å²) in [6.45, 7) is 1.89. The fourth-order valence-corrected chi connectivity index (χ4v) is 2.29. The van der Waals surface area contributed by atoms with Gasteiger partial charge < -0.3 is 15.2 Å². The molecule has 0 aromatic heterocycles. The molecule has 0 bridgehead atoms. The molecule has 6 heteroatoms. The lowest BCUT2D eigenvalue weighted by molar-refractivity contribution is -0.137. The first kappa shape index (κ1) is 17.7. The maximum Gasteiger partial charge on any atom is 0.305 e. The first-order valence-electron chi connectivity index (χ1n) is 6.71. The molecule has 0 aliphatic rings. The summed E-state index contributed by atoms with van der Waals surface area (Å²) in [5.41, 5.74) is 0.764. The number of methoxy groups -OCH3 is 1. The van der Waals surface area contributed by atoms with Gasteiger partial charge in [-0.1, -0.05) is 28.1 Å². The average Bonchev–Trinajstić information content (AvgIpc) is 2.43. The lowest BCUT2D eigenvalue weighted by Gasteiger charge is -2.18. The Morgan fingerprint density at radius 2 is 2.14 bits per heavy atom. The van der Waals surface area contributed by atoms with Crippen molar-refractivity contribution < 1.29 is 19.4 Å². The van der Waals surface area contributed by atoms with E-state index in [2.05, 4.69) is 21.2 Å². The molecule has 0 spiro atoms. The lowest BCUT2D eigenvalue weighted by Crippen LogP contribution is -2.30. The quantitative estimate of drug-likeness (QED) is 0.749. The number of nitrogens with one attached hydrogen (secondary N) is 1. The highest BCUT2D eigenvalue weighted by Gasteiger charge is 2.18. The van der Waals surface area contributed by atoms with Crippen molar-refractivity contribution in [2.45, 2.75) is 38.3 Å². The zero-order valence-corrected chi connectivity index (χ0v) is 13.7. The Bertz CT molecular complexity index is 492. The van der Waals surface area contributed by atoms with E-state index in [4.69, 9.17) is 9.84 Å². The Labute approximate surface area is 132 Å². The number of hydrogen-bond donors (Lipinski definition) is 2. The zero-order valence-electron chi connectivity index (χ0n) is 12.1. The van der Waals surface area contributed by atoms with Crippen LogP contribution in [0.2, 0.25) is 0 Å². The number of ether oxygens (including phenoxy) is 1. The molecule has 116 valence electrons. The van der Waals surface area contributed by atoms with E-state index >= 15 is 0 Å². The van der Waals surface area contributed by atoms with E-state index in [1.165, 1.54) is 0 Å². The topological polar surface area (TPSA) is 75.6 Å². The van der Waals surface area contributed by atoms with E-state index in [1.807, 2.05) is 25.1 Å². The summed E-state index contributed by atoms with van der Waals surface area (Å²) >= 11 is 3.35. The molecular formula is C15H20BrNO4. The normalized spacial score (nSPS) is 13.5. The molecule has 0 radical (unpaired) electrons.